The van der Waals surface area contributed by atoms with E-state index in [2.05, 4.69) is 14.9 Å². The largest absolute Gasteiger partial charge is 0.311 e. The molecule has 3 heterocycles. The Bertz CT molecular complexity index is 843. The van der Waals surface area contributed by atoms with Gasteiger partial charge in [0, 0.05) is 37.4 Å². The van der Waals surface area contributed by atoms with E-state index in [4.69, 9.17) is 0 Å². The monoisotopic (exact) mass is 335 g/mol. The number of anilines is 1. The number of rotatable bonds is 4. The Labute approximate surface area is 146 Å². The summed E-state index contributed by atoms with van der Waals surface area (Å²) in [5.41, 5.74) is 1.90. The highest BCUT2D eigenvalue weighted by molar-refractivity contribution is 5.97. The molecule has 1 atom stereocenters. The predicted octanol–water partition coefficient (Wildman–Crippen LogP) is 2.36. The highest BCUT2D eigenvalue weighted by Gasteiger charge is 2.32. The van der Waals surface area contributed by atoms with Gasteiger partial charge in [-0.1, -0.05) is 18.2 Å². The number of aromatic nitrogens is 3. The van der Waals surface area contributed by atoms with Gasteiger partial charge in [-0.05, 0) is 38.1 Å². The van der Waals surface area contributed by atoms with Crippen LogP contribution in [0.1, 0.15) is 18.5 Å². The normalized spacial score (nSPS) is 18.2. The van der Waals surface area contributed by atoms with Crippen molar-refractivity contribution in [3.63, 3.8) is 0 Å². The van der Waals surface area contributed by atoms with Crippen LogP contribution < -0.4 is 4.90 Å². The fraction of sp³-hybridized carbons (Fsp3) is 0.316. The second-order valence-corrected chi connectivity index (χ2v) is 6.46. The van der Waals surface area contributed by atoms with Crippen LogP contribution in [-0.4, -0.2) is 44.8 Å². The molecule has 1 unspecified atom stereocenters. The Morgan fingerprint density at radius 2 is 2.08 bits per heavy atom. The molecule has 25 heavy (non-hydrogen) atoms. The van der Waals surface area contributed by atoms with Gasteiger partial charge in [0.15, 0.2) is 0 Å². The summed E-state index contributed by atoms with van der Waals surface area (Å²) in [6, 6.07) is 11.7. The van der Waals surface area contributed by atoms with E-state index < -0.39 is 0 Å². The van der Waals surface area contributed by atoms with E-state index in [1.165, 1.54) is 0 Å². The fourth-order valence-corrected chi connectivity index (χ4v) is 3.45. The molecule has 6 nitrogen and oxygen atoms in total. The number of carbonyl (C=O) groups is 1. The molecule has 1 amide bonds. The summed E-state index contributed by atoms with van der Waals surface area (Å²) in [7, 11) is 1.99. The van der Waals surface area contributed by atoms with Crippen LogP contribution in [0.15, 0.2) is 55.0 Å². The fourth-order valence-electron chi connectivity index (χ4n) is 3.45. The Kier molecular flexibility index (Phi) is 4.19. The van der Waals surface area contributed by atoms with Gasteiger partial charge in [-0.25, -0.2) is 9.97 Å². The van der Waals surface area contributed by atoms with Crippen molar-refractivity contribution in [1.82, 2.24) is 19.3 Å². The van der Waals surface area contributed by atoms with Crippen molar-refractivity contribution in [2.24, 2.45) is 0 Å². The third-order valence-corrected chi connectivity index (χ3v) is 4.71. The molecule has 0 bridgehead atoms. The number of carbonyl (C=O) groups excluding carboxylic acids is 1. The summed E-state index contributed by atoms with van der Waals surface area (Å²) in [5, 5.41) is 0. The Morgan fingerprint density at radius 1 is 1.24 bits per heavy atom. The van der Waals surface area contributed by atoms with E-state index in [9.17, 15) is 4.79 Å². The third-order valence-electron chi connectivity index (χ3n) is 4.71. The van der Waals surface area contributed by atoms with Gasteiger partial charge < -0.3 is 4.90 Å². The van der Waals surface area contributed by atoms with Gasteiger partial charge in [-0.2, -0.15) is 0 Å². The van der Waals surface area contributed by atoms with E-state index >= 15 is 0 Å². The van der Waals surface area contributed by atoms with Crippen LogP contribution in [0.2, 0.25) is 0 Å². The number of piperidine rings is 1. The van der Waals surface area contributed by atoms with Crippen molar-refractivity contribution in [3.05, 3.63) is 60.7 Å². The second-order valence-electron chi connectivity index (χ2n) is 6.46. The molecule has 0 aliphatic carbocycles. The lowest BCUT2D eigenvalue weighted by Gasteiger charge is -2.36. The maximum atomic E-state index is 13.0. The number of para-hydroxylation sites is 1. The lowest BCUT2D eigenvalue weighted by atomic mass is 10.0. The van der Waals surface area contributed by atoms with Gasteiger partial charge >= 0.3 is 0 Å². The van der Waals surface area contributed by atoms with Crippen LogP contribution in [0.4, 0.5) is 5.69 Å². The van der Waals surface area contributed by atoms with Crippen LogP contribution in [0, 0.1) is 0 Å². The Hall–Kier alpha value is -2.73. The maximum absolute atomic E-state index is 13.0. The smallest absolute Gasteiger partial charge is 0.244 e. The summed E-state index contributed by atoms with van der Waals surface area (Å²) in [6.07, 6.45) is 7.52. The van der Waals surface area contributed by atoms with Crippen molar-refractivity contribution < 1.29 is 4.79 Å². The molecule has 1 aromatic carbocycles. The first-order valence-corrected chi connectivity index (χ1v) is 8.57. The topological polar surface area (TPSA) is 53.7 Å². The summed E-state index contributed by atoms with van der Waals surface area (Å²) in [6.45, 7) is 1.41. The molecule has 0 N–H and O–H groups in total. The second kappa shape index (κ2) is 6.64. The maximum Gasteiger partial charge on any atom is 0.244 e. The van der Waals surface area contributed by atoms with E-state index in [0.717, 1.165) is 30.8 Å². The van der Waals surface area contributed by atoms with E-state index in [1.54, 1.807) is 6.20 Å². The van der Waals surface area contributed by atoms with E-state index in [1.807, 2.05) is 65.1 Å². The van der Waals surface area contributed by atoms with Gasteiger partial charge in [0.05, 0.1) is 11.7 Å². The summed E-state index contributed by atoms with van der Waals surface area (Å²) in [5.74, 6) is 0.855. The Morgan fingerprint density at radius 3 is 2.88 bits per heavy atom. The molecule has 3 aromatic rings. The van der Waals surface area contributed by atoms with Gasteiger partial charge in [0.2, 0.25) is 11.7 Å². The first-order chi connectivity index (χ1) is 12.2. The lowest BCUT2D eigenvalue weighted by molar-refractivity contribution is -0.125. The van der Waals surface area contributed by atoms with Gasteiger partial charge in [0.25, 0.3) is 0 Å². The van der Waals surface area contributed by atoms with Crippen LogP contribution in [0.3, 0.4) is 0 Å². The molecule has 1 aliphatic heterocycles. The molecule has 0 radical (unpaired) electrons. The van der Waals surface area contributed by atoms with Crippen molar-refractivity contribution in [2.45, 2.75) is 25.4 Å². The molecule has 4 rings (SSSR count). The molecular weight excluding hydrogens is 314 g/mol. The molecule has 2 aromatic heterocycles. The number of hydrogen-bond acceptors (Lipinski definition) is 4. The Balaban J connectivity index is 1.51. The van der Waals surface area contributed by atoms with Crippen molar-refractivity contribution in [1.29, 1.82) is 0 Å². The van der Waals surface area contributed by atoms with Crippen molar-refractivity contribution in [2.75, 3.05) is 18.5 Å². The van der Waals surface area contributed by atoms with E-state index in [-0.39, 0.29) is 11.9 Å². The predicted molar refractivity (Wildman–Crippen MR) is 96.3 cm³/mol. The zero-order chi connectivity index (χ0) is 17.2. The molecule has 1 aliphatic rings. The zero-order valence-corrected chi connectivity index (χ0v) is 14.2. The van der Waals surface area contributed by atoms with Crippen molar-refractivity contribution >= 4 is 17.4 Å². The van der Waals surface area contributed by atoms with Crippen LogP contribution in [-0.2, 0) is 11.3 Å². The average Bonchev–Trinajstić information content (AvgIpc) is 3.04. The summed E-state index contributed by atoms with van der Waals surface area (Å²) >= 11 is 0. The number of amides is 1. The molecule has 1 saturated heterocycles. The minimum absolute atomic E-state index is 0.119. The highest BCUT2D eigenvalue weighted by atomic mass is 16.2. The van der Waals surface area contributed by atoms with Crippen LogP contribution in [0.25, 0.3) is 5.78 Å². The number of imidazole rings is 1. The number of hydrogen-bond donors (Lipinski definition) is 0. The first-order valence-electron chi connectivity index (χ1n) is 8.57. The zero-order valence-electron chi connectivity index (χ0n) is 14.2. The number of fused-ring (bicyclic) bond motifs is 1. The minimum Gasteiger partial charge on any atom is -0.311 e. The standard InChI is InChI=1S/C19H21N5O/c1-22(13-15-14-23-11-6-10-20-19(23)21-15)17-9-5-12-24(18(17)25)16-7-3-2-4-8-16/h2-4,6-8,10-11,14,17H,5,9,12-13H2,1H3. The van der Waals surface area contributed by atoms with Gasteiger partial charge in [-0.3, -0.25) is 14.1 Å². The average molecular weight is 335 g/mol. The third kappa shape index (κ3) is 3.13. The molecule has 128 valence electrons. The highest BCUT2D eigenvalue weighted by Crippen LogP contribution is 2.23. The van der Waals surface area contributed by atoms with Crippen LogP contribution >= 0.6 is 0 Å². The van der Waals surface area contributed by atoms with Gasteiger partial charge in [0.1, 0.15) is 0 Å². The molecule has 0 saturated carbocycles. The number of likely N-dealkylation sites (N-methyl/N-ethyl adjacent to an activating group) is 1. The molecule has 0 spiro atoms. The lowest BCUT2D eigenvalue weighted by Crippen LogP contribution is -2.51. The first kappa shape index (κ1) is 15.8. The molecular formula is C19H21N5O. The van der Waals surface area contributed by atoms with Gasteiger partial charge in [-0.15, -0.1) is 0 Å². The minimum atomic E-state index is -0.119. The van der Waals surface area contributed by atoms with Crippen molar-refractivity contribution in [3.8, 4) is 0 Å². The SMILES string of the molecule is CN(Cc1cn2cccnc2n1)C1CCCN(c2ccccc2)C1=O. The molecule has 1 fully saturated rings. The van der Waals surface area contributed by atoms with Crippen LogP contribution in [0.5, 0.6) is 0 Å². The molecule has 6 heteroatoms. The number of nitrogens with zero attached hydrogens (tertiary/aromatic N) is 5. The number of benzene rings is 1. The quantitative estimate of drug-likeness (QED) is 0.734. The van der Waals surface area contributed by atoms with E-state index in [0.29, 0.717) is 12.3 Å². The summed E-state index contributed by atoms with van der Waals surface area (Å²) < 4.78 is 1.90. The summed E-state index contributed by atoms with van der Waals surface area (Å²) in [4.78, 5) is 25.8.